The summed E-state index contributed by atoms with van der Waals surface area (Å²) in [7, 11) is 0. The van der Waals surface area contributed by atoms with Gasteiger partial charge in [0.25, 0.3) is 0 Å². The lowest BCUT2D eigenvalue weighted by molar-refractivity contribution is -0.130. The van der Waals surface area contributed by atoms with Crippen LogP contribution in [-0.4, -0.2) is 54.5 Å². The molecule has 2 heterocycles. The van der Waals surface area contributed by atoms with Gasteiger partial charge in [-0.2, -0.15) is 0 Å². The van der Waals surface area contributed by atoms with E-state index in [-0.39, 0.29) is 0 Å². The van der Waals surface area contributed by atoms with Crippen LogP contribution in [-0.2, 0) is 4.79 Å². The van der Waals surface area contributed by atoms with E-state index in [1.807, 2.05) is 30.3 Å². The Morgan fingerprint density at radius 1 is 1.12 bits per heavy atom. The Morgan fingerprint density at radius 3 is 2.48 bits per heavy atom. The average molecular weight is 344 g/mol. The molecule has 0 saturated carbocycles. The van der Waals surface area contributed by atoms with Crippen LogP contribution in [0.15, 0.2) is 30.3 Å². The molecule has 2 aliphatic rings. The van der Waals surface area contributed by atoms with Crippen LogP contribution < -0.4 is 4.74 Å². The molecule has 0 N–H and O–H groups in total. The second kappa shape index (κ2) is 9.23. The third-order valence-corrected chi connectivity index (χ3v) is 5.73. The van der Waals surface area contributed by atoms with Crippen LogP contribution in [0.2, 0.25) is 0 Å². The van der Waals surface area contributed by atoms with E-state index in [9.17, 15) is 4.79 Å². The van der Waals surface area contributed by atoms with E-state index in [0.29, 0.717) is 17.9 Å². The number of carbonyl (C=O) groups excluding carboxylic acids is 1. The molecule has 1 aromatic rings. The number of ether oxygens (including phenoxy) is 1. The molecule has 2 fully saturated rings. The Hall–Kier alpha value is -1.55. The largest absolute Gasteiger partial charge is 0.492 e. The number of hydrogen-bond acceptors (Lipinski definition) is 3. The lowest BCUT2D eigenvalue weighted by Gasteiger charge is -2.36. The number of hydrogen-bond donors (Lipinski definition) is 0. The summed E-state index contributed by atoms with van der Waals surface area (Å²) in [6, 6.07) is 10.5. The van der Waals surface area contributed by atoms with Crippen LogP contribution >= 0.6 is 0 Å². The van der Waals surface area contributed by atoms with Crippen molar-refractivity contribution in [3.8, 4) is 5.75 Å². The van der Waals surface area contributed by atoms with Gasteiger partial charge in [0.15, 0.2) is 0 Å². The molecule has 0 unspecified atom stereocenters. The summed E-state index contributed by atoms with van der Waals surface area (Å²) in [6.07, 6.45) is 6.61. The van der Waals surface area contributed by atoms with Gasteiger partial charge in [0.05, 0.1) is 0 Å². The summed E-state index contributed by atoms with van der Waals surface area (Å²) in [5, 5.41) is 0. The summed E-state index contributed by atoms with van der Waals surface area (Å²) >= 11 is 0. The molecule has 0 aromatic heterocycles. The van der Waals surface area contributed by atoms with Gasteiger partial charge in [0, 0.05) is 25.6 Å². The number of nitrogens with zero attached hydrogens (tertiary/aromatic N) is 2. The Morgan fingerprint density at radius 2 is 1.80 bits per heavy atom. The first-order chi connectivity index (χ1) is 12.2. The van der Waals surface area contributed by atoms with Crippen molar-refractivity contribution in [2.45, 2.75) is 51.5 Å². The molecule has 4 nitrogen and oxygen atoms in total. The molecule has 3 rings (SSSR count). The highest BCUT2D eigenvalue weighted by Gasteiger charge is 2.25. The fourth-order valence-corrected chi connectivity index (χ4v) is 3.97. The number of piperidine rings is 1. The molecule has 1 amide bonds. The van der Waals surface area contributed by atoms with Crippen LogP contribution in [0, 0.1) is 5.92 Å². The number of para-hydroxylation sites is 1. The SMILES string of the molecule is C[C@@H](COc1ccccc1)N1CCC(CCC(=O)N2CCCC2)CC1. The quantitative estimate of drug-likeness (QED) is 0.758. The van der Waals surface area contributed by atoms with Gasteiger partial charge in [-0.1, -0.05) is 18.2 Å². The van der Waals surface area contributed by atoms with Gasteiger partial charge in [0.2, 0.25) is 5.91 Å². The monoisotopic (exact) mass is 344 g/mol. The van der Waals surface area contributed by atoms with Gasteiger partial charge in [-0.25, -0.2) is 0 Å². The highest BCUT2D eigenvalue weighted by Crippen LogP contribution is 2.24. The van der Waals surface area contributed by atoms with Crippen molar-refractivity contribution < 1.29 is 9.53 Å². The van der Waals surface area contributed by atoms with Crippen LogP contribution in [0.4, 0.5) is 0 Å². The summed E-state index contributed by atoms with van der Waals surface area (Å²) < 4.78 is 5.89. The van der Waals surface area contributed by atoms with Gasteiger partial charge in [0.1, 0.15) is 12.4 Å². The van der Waals surface area contributed by atoms with Crippen molar-refractivity contribution in [3.05, 3.63) is 30.3 Å². The van der Waals surface area contributed by atoms with Crippen molar-refractivity contribution >= 4 is 5.91 Å². The topological polar surface area (TPSA) is 32.8 Å². The lowest BCUT2D eigenvalue weighted by atomic mass is 9.91. The van der Waals surface area contributed by atoms with E-state index >= 15 is 0 Å². The molecule has 0 aliphatic carbocycles. The molecular formula is C21H32N2O2. The van der Waals surface area contributed by atoms with Gasteiger partial charge in [-0.05, 0) is 70.2 Å². The minimum atomic E-state index is 0.379. The summed E-state index contributed by atoms with van der Waals surface area (Å²) in [6.45, 7) is 7.21. The van der Waals surface area contributed by atoms with E-state index in [0.717, 1.165) is 51.4 Å². The highest BCUT2D eigenvalue weighted by molar-refractivity contribution is 5.76. The predicted molar refractivity (Wildman–Crippen MR) is 101 cm³/mol. The van der Waals surface area contributed by atoms with Crippen LogP contribution in [0.1, 0.15) is 45.4 Å². The van der Waals surface area contributed by atoms with Crippen LogP contribution in [0.25, 0.3) is 0 Å². The third-order valence-electron chi connectivity index (χ3n) is 5.73. The number of benzene rings is 1. The number of amides is 1. The van der Waals surface area contributed by atoms with E-state index in [4.69, 9.17) is 4.74 Å². The lowest BCUT2D eigenvalue weighted by Crippen LogP contribution is -2.43. The second-order valence-electron chi connectivity index (χ2n) is 7.58. The number of likely N-dealkylation sites (tertiary alicyclic amines) is 2. The molecule has 0 radical (unpaired) electrons. The Labute approximate surface area is 152 Å². The molecule has 138 valence electrons. The maximum Gasteiger partial charge on any atom is 0.222 e. The minimum Gasteiger partial charge on any atom is -0.492 e. The average Bonchev–Trinajstić information content (AvgIpc) is 3.20. The van der Waals surface area contributed by atoms with E-state index < -0.39 is 0 Å². The first kappa shape index (κ1) is 18.2. The molecule has 0 bridgehead atoms. The Kier molecular flexibility index (Phi) is 6.74. The minimum absolute atomic E-state index is 0.379. The van der Waals surface area contributed by atoms with Crippen molar-refractivity contribution in [3.63, 3.8) is 0 Å². The third kappa shape index (κ3) is 5.46. The molecule has 25 heavy (non-hydrogen) atoms. The molecule has 0 spiro atoms. The zero-order valence-electron chi connectivity index (χ0n) is 15.5. The van der Waals surface area contributed by atoms with Crippen molar-refractivity contribution in [2.24, 2.45) is 5.92 Å². The van der Waals surface area contributed by atoms with Gasteiger partial charge < -0.3 is 9.64 Å². The van der Waals surface area contributed by atoms with Crippen molar-refractivity contribution in [1.82, 2.24) is 9.80 Å². The Balaban J connectivity index is 1.33. The van der Waals surface area contributed by atoms with E-state index in [1.165, 1.54) is 25.7 Å². The molecule has 2 saturated heterocycles. The molecule has 2 aliphatic heterocycles. The van der Waals surface area contributed by atoms with Crippen LogP contribution in [0.5, 0.6) is 5.75 Å². The number of carbonyl (C=O) groups is 1. The maximum atomic E-state index is 12.2. The maximum absolute atomic E-state index is 12.2. The predicted octanol–water partition coefficient (Wildman–Crippen LogP) is 3.57. The van der Waals surface area contributed by atoms with Gasteiger partial charge in [-0.3, -0.25) is 9.69 Å². The molecule has 1 aromatic carbocycles. The molecular weight excluding hydrogens is 312 g/mol. The van der Waals surface area contributed by atoms with Gasteiger partial charge >= 0.3 is 0 Å². The molecule has 1 atom stereocenters. The zero-order valence-corrected chi connectivity index (χ0v) is 15.5. The van der Waals surface area contributed by atoms with E-state index in [2.05, 4.69) is 16.7 Å². The summed E-state index contributed by atoms with van der Waals surface area (Å²) in [5.74, 6) is 2.04. The fraction of sp³-hybridized carbons (Fsp3) is 0.667. The zero-order chi connectivity index (χ0) is 17.5. The van der Waals surface area contributed by atoms with Gasteiger partial charge in [-0.15, -0.1) is 0 Å². The summed E-state index contributed by atoms with van der Waals surface area (Å²) in [4.78, 5) is 16.8. The molecule has 4 heteroatoms. The second-order valence-corrected chi connectivity index (χ2v) is 7.58. The first-order valence-corrected chi connectivity index (χ1v) is 9.92. The standard InChI is InChI=1S/C21H32N2O2/c1-18(17-25-20-7-3-2-4-8-20)22-15-11-19(12-16-22)9-10-21(24)23-13-5-6-14-23/h2-4,7-8,18-19H,5-6,9-17H2,1H3/t18-/m0/s1. The van der Waals surface area contributed by atoms with E-state index in [1.54, 1.807) is 0 Å². The smallest absolute Gasteiger partial charge is 0.222 e. The Bertz CT molecular complexity index is 520. The normalized spacial score (nSPS) is 20.6. The first-order valence-electron chi connectivity index (χ1n) is 9.92. The van der Waals surface area contributed by atoms with Crippen LogP contribution in [0.3, 0.4) is 0 Å². The van der Waals surface area contributed by atoms with Crippen molar-refractivity contribution in [1.29, 1.82) is 0 Å². The fourth-order valence-electron chi connectivity index (χ4n) is 3.97. The number of rotatable bonds is 7. The highest BCUT2D eigenvalue weighted by atomic mass is 16.5. The summed E-state index contributed by atoms with van der Waals surface area (Å²) in [5.41, 5.74) is 0. The van der Waals surface area contributed by atoms with Crippen molar-refractivity contribution in [2.75, 3.05) is 32.8 Å².